The standard InChI is InChI=1S/C18H33N5O7/c1-5-9(4)14(17(28)22-11(7-24)18(29)30)23-15(26)10(6-12(19)25)21-16(27)13(20)8(2)3/h8-11,13-14,24H,5-7,20H2,1-4H3,(H2,19,25)(H,21,27)(H,22,28)(H,23,26)(H,29,30). The average molecular weight is 431 g/mol. The van der Waals surface area contributed by atoms with Crippen LogP contribution in [0.25, 0.3) is 0 Å². The largest absolute Gasteiger partial charge is 0.480 e. The van der Waals surface area contributed by atoms with Crippen LogP contribution in [-0.4, -0.2) is 70.6 Å². The molecular weight excluding hydrogens is 398 g/mol. The van der Waals surface area contributed by atoms with Gasteiger partial charge in [-0.1, -0.05) is 34.1 Å². The molecular formula is C18H33N5O7. The Hall–Kier alpha value is -2.73. The average Bonchev–Trinajstić information content (AvgIpc) is 2.67. The van der Waals surface area contributed by atoms with Crippen LogP contribution in [0.2, 0.25) is 0 Å². The quantitative estimate of drug-likeness (QED) is 0.164. The number of carboxylic acid groups (broad SMARTS) is 1. The van der Waals surface area contributed by atoms with E-state index in [9.17, 15) is 24.0 Å². The van der Waals surface area contributed by atoms with Crippen molar-refractivity contribution in [3.8, 4) is 0 Å². The van der Waals surface area contributed by atoms with Crippen molar-refractivity contribution in [2.45, 2.75) is 64.7 Å². The summed E-state index contributed by atoms with van der Waals surface area (Å²) in [5.74, 6) is -5.30. The molecule has 0 aromatic carbocycles. The van der Waals surface area contributed by atoms with Crippen molar-refractivity contribution in [3.05, 3.63) is 0 Å². The maximum Gasteiger partial charge on any atom is 0.328 e. The van der Waals surface area contributed by atoms with Crippen molar-refractivity contribution in [1.29, 1.82) is 0 Å². The summed E-state index contributed by atoms with van der Waals surface area (Å²) in [4.78, 5) is 59.8. The van der Waals surface area contributed by atoms with Gasteiger partial charge in [-0.3, -0.25) is 19.2 Å². The first kappa shape index (κ1) is 27.3. The van der Waals surface area contributed by atoms with Gasteiger partial charge in [-0.05, 0) is 11.8 Å². The van der Waals surface area contributed by atoms with Gasteiger partial charge in [0.15, 0.2) is 0 Å². The lowest BCUT2D eigenvalue weighted by Crippen LogP contribution is -2.59. The van der Waals surface area contributed by atoms with E-state index in [1.807, 2.05) is 0 Å². The Morgan fingerprint density at radius 2 is 1.43 bits per heavy atom. The van der Waals surface area contributed by atoms with Crippen molar-refractivity contribution in [3.63, 3.8) is 0 Å². The van der Waals surface area contributed by atoms with Crippen LogP contribution in [0, 0.1) is 11.8 Å². The molecule has 0 radical (unpaired) electrons. The number of carbonyl (C=O) groups is 5. The SMILES string of the molecule is CCC(C)C(NC(=O)C(CC(N)=O)NC(=O)C(N)C(C)C)C(=O)NC(CO)C(=O)O. The molecule has 172 valence electrons. The summed E-state index contributed by atoms with van der Waals surface area (Å²) in [7, 11) is 0. The van der Waals surface area contributed by atoms with E-state index < -0.39 is 72.7 Å². The Kier molecular flexibility index (Phi) is 11.6. The van der Waals surface area contributed by atoms with Gasteiger partial charge in [-0.15, -0.1) is 0 Å². The minimum atomic E-state index is -1.55. The Morgan fingerprint density at radius 1 is 0.900 bits per heavy atom. The Labute approximate surface area is 175 Å². The molecule has 0 aromatic rings. The molecule has 5 atom stereocenters. The Morgan fingerprint density at radius 3 is 1.83 bits per heavy atom. The maximum atomic E-state index is 12.7. The third-order valence-electron chi connectivity index (χ3n) is 4.65. The molecule has 0 spiro atoms. The van der Waals surface area contributed by atoms with Crippen molar-refractivity contribution in [1.82, 2.24) is 16.0 Å². The fourth-order valence-corrected chi connectivity index (χ4v) is 2.38. The first-order valence-electron chi connectivity index (χ1n) is 9.64. The van der Waals surface area contributed by atoms with Crippen LogP contribution in [-0.2, 0) is 24.0 Å². The lowest BCUT2D eigenvalue weighted by Gasteiger charge is -2.27. The zero-order valence-electron chi connectivity index (χ0n) is 17.7. The summed E-state index contributed by atoms with van der Waals surface area (Å²) < 4.78 is 0. The summed E-state index contributed by atoms with van der Waals surface area (Å²) in [6.07, 6.45) is -0.0775. The smallest absolute Gasteiger partial charge is 0.328 e. The van der Waals surface area contributed by atoms with Crippen LogP contribution in [0.4, 0.5) is 0 Å². The third kappa shape index (κ3) is 8.74. The number of carboxylic acids is 1. The zero-order valence-corrected chi connectivity index (χ0v) is 17.7. The monoisotopic (exact) mass is 431 g/mol. The first-order valence-corrected chi connectivity index (χ1v) is 9.64. The predicted molar refractivity (Wildman–Crippen MR) is 107 cm³/mol. The summed E-state index contributed by atoms with van der Waals surface area (Å²) >= 11 is 0. The highest BCUT2D eigenvalue weighted by Crippen LogP contribution is 2.10. The summed E-state index contributed by atoms with van der Waals surface area (Å²) in [5.41, 5.74) is 10.9. The summed E-state index contributed by atoms with van der Waals surface area (Å²) in [6, 6.07) is -5.02. The summed E-state index contributed by atoms with van der Waals surface area (Å²) in [5, 5.41) is 25.0. The Balaban J connectivity index is 5.51. The van der Waals surface area contributed by atoms with E-state index in [1.165, 1.54) is 0 Å². The van der Waals surface area contributed by atoms with Gasteiger partial charge in [0.2, 0.25) is 23.6 Å². The zero-order chi connectivity index (χ0) is 23.6. The highest BCUT2D eigenvalue weighted by Gasteiger charge is 2.33. The van der Waals surface area contributed by atoms with Gasteiger partial charge in [-0.2, -0.15) is 0 Å². The minimum Gasteiger partial charge on any atom is -0.480 e. The lowest BCUT2D eigenvalue weighted by atomic mass is 9.97. The van der Waals surface area contributed by atoms with Crippen molar-refractivity contribution >= 4 is 29.6 Å². The minimum absolute atomic E-state index is 0.229. The van der Waals surface area contributed by atoms with Gasteiger partial charge in [0.1, 0.15) is 18.1 Å². The molecule has 0 rings (SSSR count). The number of hydrogen-bond acceptors (Lipinski definition) is 7. The molecule has 0 aromatic heterocycles. The Bertz CT molecular complexity index is 640. The molecule has 12 heteroatoms. The van der Waals surface area contributed by atoms with E-state index >= 15 is 0 Å². The molecule has 0 heterocycles. The van der Waals surface area contributed by atoms with Crippen LogP contribution >= 0.6 is 0 Å². The van der Waals surface area contributed by atoms with Crippen molar-refractivity contribution < 1.29 is 34.2 Å². The van der Waals surface area contributed by atoms with Crippen LogP contribution in [0.15, 0.2) is 0 Å². The predicted octanol–water partition coefficient (Wildman–Crippen LogP) is -2.58. The highest BCUT2D eigenvalue weighted by atomic mass is 16.4. The number of nitrogens with one attached hydrogen (secondary N) is 3. The van der Waals surface area contributed by atoms with Crippen LogP contribution < -0.4 is 27.4 Å². The third-order valence-corrected chi connectivity index (χ3v) is 4.65. The molecule has 30 heavy (non-hydrogen) atoms. The second-order valence-electron chi connectivity index (χ2n) is 7.46. The van der Waals surface area contributed by atoms with Gasteiger partial charge in [-0.25, -0.2) is 4.79 Å². The molecule has 0 fully saturated rings. The molecule has 12 nitrogen and oxygen atoms in total. The fraction of sp³-hybridized carbons (Fsp3) is 0.722. The molecule has 0 aliphatic carbocycles. The van der Waals surface area contributed by atoms with Crippen LogP contribution in [0.3, 0.4) is 0 Å². The molecule has 0 aliphatic rings. The number of nitrogens with two attached hydrogens (primary N) is 2. The van der Waals surface area contributed by atoms with E-state index in [4.69, 9.17) is 21.7 Å². The van der Waals surface area contributed by atoms with Gasteiger partial charge in [0.05, 0.1) is 19.1 Å². The number of aliphatic hydroxyl groups is 1. The van der Waals surface area contributed by atoms with E-state index in [2.05, 4.69) is 16.0 Å². The maximum absolute atomic E-state index is 12.7. The molecule has 0 aliphatic heterocycles. The number of aliphatic carboxylic acids is 1. The number of amides is 4. The van der Waals surface area contributed by atoms with Crippen LogP contribution in [0.5, 0.6) is 0 Å². The molecule has 0 saturated heterocycles. The first-order chi connectivity index (χ1) is 13.8. The van der Waals surface area contributed by atoms with E-state index in [0.717, 1.165) is 0 Å². The molecule has 5 unspecified atom stereocenters. The van der Waals surface area contributed by atoms with Crippen LogP contribution in [0.1, 0.15) is 40.5 Å². The van der Waals surface area contributed by atoms with Crippen molar-refractivity contribution in [2.24, 2.45) is 23.3 Å². The lowest BCUT2D eigenvalue weighted by molar-refractivity contribution is -0.143. The van der Waals surface area contributed by atoms with Crippen molar-refractivity contribution in [2.75, 3.05) is 6.61 Å². The fourth-order valence-electron chi connectivity index (χ4n) is 2.38. The van der Waals surface area contributed by atoms with Gasteiger partial charge in [0.25, 0.3) is 0 Å². The molecule has 0 bridgehead atoms. The normalized spacial score (nSPS) is 16.0. The highest BCUT2D eigenvalue weighted by molar-refractivity contribution is 5.96. The number of aliphatic hydroxyl groups excluding tert-OH is 1. The number of primary amides is 1. The van der Waals surface area contributed by atoms with E-state index in [-0.39, 0.29) is 5.92 Å². The van der Waals surface area contributed by atoms with Gasteiger partial charge < -0.3 is 37.6 Å². The summed E-state index contributed by atoms with van der Waals surface area (Å²) in [6.45, 7) is 5.97. The molecule has 0 saturated carbocycles. The van der Waals surface area contributed by atoms with Gasteiger partial charge >= 0.3 is 5.97 Å². The molecule has 4 amide bonds. The number of rotatable bonds is 13. The van der Waals surface area contributed by atoms with E-state index in [1.54, 1.807) is 27.7 Å². The van der Waals surface area contributed by atoms with E-state index in [0.29, 0.717) is 6.42 Å². The second kappa shape index (κ2) is 12.8. The molecule has 9 N–H and O–H groups in total. The number of carbonyl (C=O) groups excluding carboxylic acids is 4. The number of hydrogen-bond donors (Lipinski definition) is 7. The topological polar surface area (TPSA) is 214 Å². The second-order valence-corrected chi connectivity index (χ2v) is 7.46. The van der Waals surface area contributed by atoms with Gasteiger partial charge in [0, 0.05) is 0 Å².